The highest BCUT2D eigenvalue weighted by atomic mass is 16.5. The number of rotatable bonds is 7. The predicted molar refractivity (Wildman–Crippen MR) is 131 cm³/mol. The first kappa shape index (κ1) is 23.3. The second-order valence-corrected chi connectivity index (χ2v) is 8.57. The number of carbonyl (C=O) groups excluding carboxylic acids is 2. The Morgan fingerprint density at radius 1 is 1.03 bits per heavy atom. The molecule has 1 fully saturated rings. The van der Waals surface area contributed by atoms with Gasteiger partial charge in [-0.2, -0.15) is 0 Å². The van der Waals surface area contributed by atoms with Gasteiger partial charge in [0.15, 0.2) is 0 Å². The fourth-order valence-electron chi connectivity index (χ4n) is 4.47. The molecule has 1 amide bonds. The molecule has 0 saturated carbocycles. The van der Waals surface area contributed by atoms with Crippen molar-refractivity contribution in [3.63, 3.8) is 0 Å². The fourth-order valence-corrected chi connectivity index (χ4v) is 4.47. The first-order chi connectivity index (χ1) is 16.3. The zero-order chi connectivity index (χ0) is 24.4. The van der Waals surface area contributed by atoms with Gasteiger partial charge in [0.2, 0.25) is 0 Å². The number of para-hydroxylation sites is 1. The smallest absolute Gasteiger partial charge is 0.295 e. The molecule has 1 heterocycles. The van der Waals surface area contributed by atoms with Crippen LogP contribution in [0.2, 0.25) is 0 Å². The van der Waals surface area contributed by atoms with Crippen LogP contribution in [0.5, 0.6) is 11.5 Å². The third-order valence-corrected chi connectivity index (χ3v) is 6.13. The second-order valence-electron chi connectivity index (χ2n) is 8.57. The van der Waals surface area contributed by atoms with E-state index < -0.39 is 23.5 Å². The summed E-state index contributed by atoms with van der Waals surface area (Å²) in [5.41, 5.74) is 0.630. The zero-order valence-electron chi connectivity index (χ0n) is 19.5. The molecule has 176 valence electrons. The van der Waals surface area contributed by atoms with Crippen molar-refractivity contribution in [1.29, 1.82) is 0 Å². The molecule has 4 rings (SSSR count). The van der Waals surface area contributed by atoms with Gasteiger partial charge in [0.1, 0.15) is 17.3 Å². The molecule has 3 aromatic rings. The Hall–Kier alpha value is -3.84. The van der Waals surface area contributed by atoms with Crippen LogP contribution in [-0.2, 0) is 9.59 Å². The summed E-state index contributed by atoms with van der Waals surface area (Å²) in [6, 6.07) is 16.8. The molecule has 34 heavy (non-hydrogen) atoms. The number of likely N-dealkylation sites (tertiary alicyclic amines) is 1. The van der Waals surface area contributed by atoms with Gasteiger partial charge in [0.05, 0.1) is 24.3 Å². The van der Waals surface area contributed by atoms with Gasteiger partial charge >= 0.3 is 0 Å². The Morgan fingerprint density at radius 3 is 2.47 bits per heavy atom. The van der Waals surface area contributed by atoms with E-state index in [0.717, 1.165) is 11.9 Å². The molecule has 0 unspecified atom stereocenters. The number of ether oxygens (including phenoxy) is 1. The van der Waals surface area contributed by atoms with Gasteiger partial charge in [0.25, 0.3) is 11.7 Å². The number of phenols is 1. The molecule has 2 N–H and O–H groups in total. The third-order valence-electron chi connectivity index (χ3n) is 6.13. The Kier molecular flexibility index (Phi) is 6.56. The summed E-state index contributed by atoms with van der Waals surface area (Å²) in [4.78, 5) is 29.8. The van der Waals surface area contributed by atoms with Crippen molar-refractivity contribution in [1.82, 2.24) is 9.80 Å². The van der Waals surface area contributed by atoms with Crippen molar-refractivity contribution >= 4 is 28.2 Å². The summed E-state index contributed by atoms with van der Waals surface area (Å²) in [6.45, 7) is 1.05. The average Bonchev–Trinajstić information content (AvgIpc) is 3.08. The van der Waals surface area contributed by atoms with Gasteiger partial charge in [-0.25, -0.2) is 0 Å². The van der Waals surface area contributed by atoms with Crippen molar-refractivity contribution in [3.8, 4) is 11.5 Å². The highest BCUT2D eigenvalue weighted by Gasteiger charge is 2.47. The highest BCUT2D eigenvalue weighted by molar-refractivity contribution is 6.46. The number of methoxy groups -OCH3 is 1. The number of aromatic hydroxyl groups is 1. The molecule has 0 radical (unpaired) electrons. The maximum atomic E-state index is 13.2. The van der Waals surface area contributed by atoms with Gasteiger partial charge < -0.3 is 24.7 Å². The summed E-state index contributed by atoms with van der Waals surface area (Å²) in [7, 11) is 5.40. The number of aliphatic hydroxyl groups is 1. The van der Waals surface area contributed by atoms with E-state index in [-0.39, 0.29) is 16.9 Å². The molecule has 3 aromatic carbocycles. The van der Waals surface area contributed by atoms with E-state index in [1.807, 2.05) is 31.1 Å². The van der Waals surface area contributed by atoms with Gasteiger partial charge in [-0.1, -0.05) is 48.5 Å². The van der Waals surface area contributed by atoms with Gasteiger partial charge in [-0.05, 0) is 44.6 Å². The van der Waals surface area contributed by atoms with Crippen LogP contribution in [0, 0.1) is 0 Å². The quantitative estimate of drug-likeness (QED) is 0.316. The number of carbonyl (C=O) groups is 2. The van der Waals surface area contributed by atoms with Crippen LogP contribution in [0.15, 0.2) is 66.2 Å². The molecule has 1 aliphatic heterocycles. The number of hydrogen-bond acceptors (Lipinski definition) is 6. The van der Waals surface area contributed by atoms with Crippen LogP contribution in [0.1, 0.15) is 23.6 Å². The normalized spacial score (nSPS) is 17.6. The molecule has 0 aliphatic carbocycles. The summed E-state index contributed by atoms with van der Waals surface area (Å²) >= 11 is 0. The van der Waals surface area contributed by atoms with Crippen molar-refractivity contribution in [2.75, 3.05) is 34.3 Å². The number of Topliss-reactive ketones (excluding diaryl/α,β-unsaturated/α-hetero) is 1. The fraction of sp³-hybridized carbons (Fsp3) is 0.259. The number of phenolic OH excluding ortho intramolecular Hbond substituents is 1. The van der Waals surface area contributed by atoms with Crippen molar-refractivity contribution in [3.05, 3.63) is 77.4 Å². The minimum absolute atomic E-state index is 0.0649. The monoisotopic (exact) mass is 460 g/mol. The van der Waals surface area contributed by atoms with Crippen LogP contribution in [0.3, 0.4) is 0 Å². The standard InChI is InChI=1S/C27H28N2O5/c1-28(2)15-8-16-29-23(19-11-6-7-12-21(19)34-3)22(26(32)27(29)33)25(31)20-14-13-17-9-4-5-10-18(17)24(20)30/h4-7,9-14,23,30-31H,8,15-16H2,1-3H3/t23-/m1/s1. The predicted octanol–water partition coefficient (Wildman–Crippen LogP) is 3.93. The lowest BCUT2D eigenvalue weighted by molar-refractivity contribution is -0.140. The minimum atomic E-state index is -0.843. The van der Waals surface area contributed by atoms with E-state index in [2.05, 4.69) is 0 Å². The molecule has 7 nitrogen and oxygen atoms in total. The topological polar surface area (TPSA) is 90.3 Å². The summed E-state index contributed by atoms with van der Waals surface area (Å²) in [5, 5.41) is 23.6. The number of hydrogen-bond donors (Lipinski definition) is 2. The Labute approximate surface area is 198 Å². The number of fused-ring (bicyclic) bond motifs is 1. The number of aliphatic hydroxyl groups excluding tert-OH is 1. The Morgan fingerprint density at radius 2 is 1.74 bits per heavy atom. The Bertz CT molecular complexity index is 1280. The van der Waals surface area contributed by atoms with Gasteiger partial charge in [-0.3, -0.25) is 9.59 Å². The van der Waals surface area contributed by atoms with Gasteiger partial charge in [-0.15, -0.1) is 0 Å². The van der Waals surface area contributed by atoms with E-state index >= 15 is 0 Å². The van der Waals surface area contributed by atoms with E-state index in [0.29, 0.717) is 29.7 Å². The lowest BCUT2D eigenvalue weighted by Gasteiger charge is -2.27. The molecule has 1 atom stereocenters. The summed E-state index contributed by atoms with van der Waals surface area (Å²) < 4.78 is 5.52. The van der Waals surface area contributed by atoms with Crippen LogP contribution in [-0.4, -0.2) is 66.0 Å². The molecular formula is C27H28N2O5. The second kappa shape index (κ2) is 9.57. The molecule has 0 spiro atoms. The SMILES string of the molecule is COc1ccccc1[C@@H]1C(=C(O)c2ccc3ccccc3c2O)C(=O)C(=O)N1CCCN(C)C. The molecule has 1 saturated heterocycles. The van der Waals surface area contributed by atoms with E-state index in [1.54, 1.807) is 48.5 Å². The number of nitrogens with zero attached hydrogens (tertiary/aromatic N) is 2. The van der Waals surface area contributed by atoms with Crippen LogP contribution in [0.25, 0.3) is 16.5 Å². The van der Waals surface area contributed by atoms with Gasteiger partial charge in [0, 0.05) is 17.5 Å². The number of amides is 1. The van der Waals surface area contributed by atoms with Crippen LogP contribution < -0.4 is 4.74 Å². The maximum Gasteiger partial charge on any atom is 0.295 e. The van der Waals surface area contributed by atoms with E-state index in [9.17, 15) is 19.8 Å². The first-order valence-corrected chi connectivity index (χ1v) is 11.1. The average molecular weight is 461 g/mol. The molecule has 0 bridgehead atoms. The lowest BCUT2D eigenvalue weighted by atomic mass is 9.93. The largest absolute Gasteiger partial charge is 0.507 e. The highest BCUT2D eigenvalue weighted by Crippen LogP contribution is 2.44. The Balaban J connectivity index is 1.90. The molecular weight excluding hydrogens is 432 g/mol. The van der Waals surface area contributed by atoms with Crippen molar-refractivity contribution in [2.45, 2.75) is 12.5 Å². The van der Waals surface area contributed by atoms with Crippen LogP contribution in [0.4, 0.5) is 0 Å². The van der Waals surface area contributed by atoms with E-state index in [4.69, 9.17) is 4.74 Å². The molecule has 0 aromatic heterocycles. The maximum absolute atomic E-state index is 13.2. The first-order valence-electron chi connectivity index (χ1n) is 11.1. The summed E-state index contributed by atoms with van der Waals surface area (Å²) in [6.07, 6.45) is 0.646. The van der Waals surface area contributed by atoms with Crippen molar-refractivity contribution < 1.29 is 24.5 Å². The molecule has 7 heteroatoms. The van der Waals surface area contributed by atoms with E-state index in [1.165, 1.54) is 12.0 Å². The number of ketones is 1. The zero-order valence-corrected chi connectivity index (χ0v) is 19.5. The van der Waals surface area contributed by atoms with Crippen LogP contribution >= 0.6 is 0 Å². The van der Waals surface area contributed by atoms with Crippen molar-refractivity contribution in [2.24, 2.45) is 0 Å². The molecule has 1 aliphatic rings. The third kappa shape index (κ3) is 4.10. The summed E-state index contributed by atoms with van der Waals surface area (Å²) in [5.74, 6) is -1.52. The lowest BCUT2D eigenvalue weighted by Crippen LogP contribution is -2.32. The minimum Gasteiger partial charge on any atom is -0.507 e. The number of benzene rings is 3.